The molecule has 0 spiro atoms. The quantitative estimate of drug-likeness (QED) is 0.742. The third-order valence-corrected chi connectivity index (χ3v) is 3.62. The fourth-order valence-electron chi connectivity index (χ4n) is 2.05. The highest BCUT2D eigenvalue weighted by Gasteiger charge is 2.16. The van der Waals surface area contributed by atoms with Crippen molar-refractivity contribution in [2.45, 2.75) is 6.92 Å². The van der Waals surface area contributed by atoms with Crippen molar-refractivity contribution in [2.75, 3.05) is 0 Å². The molecule has 0 bridgehead atoms. The van der Waals surface area contributed by atoms with Crippen LogP contribution in [-0.4, -0.2) is 15.0 Å². The lowest BCUT2D eigenvalue weighted by molar-refractivity contribution is 1.20. The van der Waals surface area contributed by atoms with Crippen LogP contribution in [0.25, 0.3) is 22.8 Å². The van der Waals surface area contributed by atoms with E-state index < -0.39 is 0 Å². The number of aromatic nitrogens is 3. The van der Waals surface area contributed by atoms with Gasteiger partial charge in [-0.2, -0.15) is 0 Å². The molecule has 3 rings (SSSR count). The molecule has 0 fully saturated rings. The number of benzene rings is 1. The molecule has 1 aromatic carbocycles. The Morgan fingerprint density at radius 3 is 2.40 bits per heavy atom. The van der Waals surface area contributed by atoms with E-state index in [0.717, 1.165) is 22.6 Å². The molecule has 0 atom stereocenters. The third kappa shape index (κ3) is 2.30. The largest absolute Gasteiger partial charge is 0.340 e. The number of aromatic amines is 1. The number of rotatable bonds is 2. The maximum atomic E-state index is 6.24. The number of halogens is 2. The molecule has 0 radical (unpaired) electrons. The monoisotopic (exact) mass is 303 g/mol. The third-order valence-electron chi connectivity index (χ3n) is 2.99. The lowest BCUT2D eigenvalue weighted by Crippen LogP contribution is -1.85. The van der Waals surface area contributed by atoms with Crippen LogP contribution in [0.4, 0.5) is 0 Å². The Morgan fingerprint density at radius 2 is 1.75 bits per heavy atom. The molecule has 3 nitrogen and oxygen atoms in total. The molecule has 20 heavy (non-hydrogen) atoms. The van der Waals surface area contributed by atoms with Gasteiger partial charge in [-0.3, -0.25) is 4.98 Å². The molecule has 0 aliphatic rings. The van der Waals surface area contributed by atoms with Gasteiger partial charge in [0, 0.05) is 17.5 Å². The number of aryl methyl sites for hydroxylation is 1. The summed E-state index contributed by atoms with van der Waals surface area (Å²) in [7, 11) is 0. The maximum absolute atomic E-state index is 6.24. The molecule has 3 aromatic rings. The molecule has 0 aliphatic heterocycles. The lowest BCUT2D eigenvalue weighted by Gasteiger charge is -2.04. The Labute approximate surface area is 126 Å². The van der Waals surface area contributed by atoms with Crippen molar-refractivity contribution in [2.24, 2.45) is 0 Å². The summed E-state index contributed by atoms with van der Waals surface area (Å²) >= 11 is 12.5. The van der Waals surface area contributed by atoms with Crippen LogP contribution in [0.5, 0.6) is 0 Å². The Bertz CT molecular complexity index is 731. The molecule has 0 saturated heterocycles. The van der Waals surface area contributed by atoms with Gasteiger partial charge in [0.15, 0.2) is 5.82 Å². The number of imidazole rings is 1. The van der Waals surface area contributed by atoms with Crippen molar-refractivity contribution >= 4 is 23.2 Å². The summed E-state index contributed by atoms with van der Waals surface area (Å²) in [4.78, 5) is 12.1. The zero-order chi connectivity index (χ0) is 14.1. The minimum absolute atomic E-state index is 0.583. The van der Waals surface area contributed by atoms with Crippen molar-refractivity contribution in [1.29, 1.82) is 0 Å². The van der Waals surface area contributed by atoms with E-state index >= 15 is 0 Å². The molecule has 5 heteroatoms. The summed E-state index contributed by atoms with van der Waals surface area (Å²) < 4.78 is 0. The maximum Gasteiger partial charge on any atom is 0.156 e. The van der Waals surface area contributed by atoms with Gasteiger partial charge in [-0.25, -0.2) is 4.98 Å². The van der Waals surface area contributed by atoms with Gasteiger partial charge in [0.05, 0.1) is 15.7 Å². The van der Waals surface area contributed by atoms with Crippen LogP contribution in [0.2, 0.25) is 10.0 Å². The van der Waals surface area contributed by atoms with Crippen molar-refractivity contribution < 1.29 is 0 Å². The smallest absolute Gasteiger partial charge is 0.156 e. The first-order valence-corrected chi connectivity index (χ1v) is 6.85. The van der Waals surface area contributed by atoms with Crippen molar-refractivity contribution in [3.8, 4) is 22.8 Å². The Hall–Kier alpha value is -1.84. The highest BCUT2D eigenvalue weighted by molar-refractivity contribution is 6.39. The van der Waals surface area contributed by atoms with E-state index in [1.807, 2.05) is 31.2 Å². The minimum Gasteiger partial charge on any atom is -0.340 e. The van der Waals surface area contributed by atoms with E-state index in [-0.39, 0.29) is 0 Å². The fraction of sp³-hybridized carbons (Fsp3) is 0.0667. The highest BCUT2D eigenvalue weighted by Crippen LogP contribution is 2.36. The molecule has 0 amide bonds. The first kappa shape index (κ1) is 13.2. The minimum atomic E-state index is 0.583. The van der Waals surface area contributed by atoms with Crippen LogP contribution >= 0.6 is 23.2 Å². The molecule has 1 N–H and O–H groups in total. The molecule has 0 unspecified atom stereocenters. The molecule has 2 heterocycles. The van der Waals surface area contributed by atoms with Crippen LogP contribution in [-0.2, 0) is 0 Å². The van der Waals surface area contributed by atoms with Gasteiger partial charge in [-0.15, -0.1) is 0 Å². The van der Waals surface area contributed by atoms with Gasteiger partial charge in [-0.1, -0.05) is 35.3 Å². The standard InChI is InChI=1S/C15H11Cl2N3/c1-9-14(13-10(16)5-4-6-11(13)17)20-15(19-9)12-7-2-3-8-18-12/h2-8H,1H3,(H,19,20). The van der Waals surface area contributed by atoms with E-state index in [1.54, 1.807) is 18.3 Å². The number of nitrogens with zero attached hydrogens (tertiary/aromatic N) is 2. The molecule has 100 valence electrons. The summed E-state index contributed by atoms with van der Waals surface area (Å²) in [5, 5.41) is 1.17. The lowest BCUT2D eigenvalue weighted by atomic mass is 10.1. The first-order chi connectivity index (χ1) is 9.66. The van der Waals surface area contributed by atoms with Gasteiger partial charge in [0.25, 0.3) is 0 Å². The first-order valence-electron chi connectivity index (χ1n) is 6.09. The number of hydrogen-bond acceptors (Lipinski definition) is 2. The molecule has 0 saturated carbocycles. The molecule has 0 aliphatic carbocycles. The predicted octanol–water partition coefficient (Wildman–Crippen LogP) is 4.75. The normalized spacial score (nSPS) is 10.8. The fourth-order valence-corrected chi connectivity index (χ4v) is 2.63. The number of H-pyrrole nitrogens is 1. The number of pyridine rings is 1. The van der Waals surface area contributed by atoms with Crippen LogP contribution in [0, 0.1) is 6.92 Å². The van der Waals surface area contributed by atoms with E-state index in [1.165, 1.54) is 0 Å². The van der Waals surface area contributed by atoms with Crippen molar-refractivity contribution in [3.63, 3.8) is 0 Å². The van der Waals surface area contributed by atoms with E-state index in [0.29, 0.717) is 15.9 Å². The second-order valence-corrected chi connectivity index (χ2v) is 5.19. The van der Waals surface area contributed by atoms with Crippen molar-refractivity contribution in [1.82, 2.24) is 15.0 Å². The van der Waals surface area contributed by atoms with Crippen LogP contribution in [0.1, 0.15) is 5.69 Å². The average molecular weight is 304 g/mol. The van der Waals surface area contributed by atoms with Gasteiger partial charge in [0.1, 0.15) is 5.69 Å². The van der Waals surface area contributed by atoms with Gasteiger partial charge in [-0.05, 0) is 31.2 Å². The Balaban J connectivity index is 2.15. The van der Waals surface area contributed by atoms with Crippen LogP contribution in [0.15, 0.2) is 42.6 Å². The van der Waals surface area contributed by atoms with Gasteiger partial charge >= 0.3 is 0 Å². The zero-order valence-corrected chi connectivity index (χ0v) is 12.2. The predicted molar refractivity (Wildman–Crippen MR) is 82.0 cm³/mol. The van der Waals surface area contributed by atoms with Gasteiger partial charge in [0.2, 0.25) is 0 Å². The van der Waals surface area contributed by atoms with E-state index in [4.69, 9.17) is 23.2 Å². The van der Waals surface area contributed by atoms with E-state index in [9.17, 15) is 0 Å². The van der Waals surface area contributed by atoms with Crippen molar-refractivity contribution in [3.05, 3.63) is 58.3 Å². The molecular formula is C15H11Cl2N3. The number of hydrogen-bond donors (Lipinski definition) is 1. The second-order valence-electron chi connectivity index (χ2n) is 4.37. The second kappa shape index (κ2) is 5.27. The summed E-state index contributed by atoms with van der Waals surface area (Å²) in [5.41, 5.74) is 3.18. The van der Waals surface area contributed by atoms with Crippen LogP contribution in [0.3, 0.4) is 0 Å². The topological polar surface area (TPSA) is 41.6 Å². The van der Waals surface area contributed by atoms with Crippen LogP contribution < -0.4 is 0 Å². The highest BCUT2D eigenvalue weighted by atomic mass is 35.5. The Kier molecular flexibility index (Phi) is 3.47. The summed E-state index contributed by atoms with van der Waals surface area (Å²) in [6.07, 6.45) is 1.73. The number of nitrogens with one attached hydrogen (secondary N) is 1. The SMILES string of the molecule is Cc1[nH]c(-c2ccccn2)nc1-c1c(Cl)cccc1Cl. The van der Waals surface area contributed by atoms with E-state index in [2.05, 4.69) is 15.0 Å². The molecular weight excluding hydrogens is 293 g/mol. The zero-order valence-electron chi connectivity index (χ0n) is 10.7. The summed E-state index contributed by atoms with van der Waals surface area (Å²) in [6, 6.07) is 11.1. The summed E-state index contributed by atoms with van der Waals surface area (Å²) in [6.45, 7) is 1.94. The van der Waals surface area contributed by atoms with Gasteiger partial charge < -0.3 is 4.98 Å². The average Bonchev–Trinajstić information content (AvgIpc) is 2.82. The Morgan fingerprint density at radius 1 is 1.00 bits per heavy atom. The molecule has 2 aromatic heterocycles. The summed E-state index contributed by atoms with van der Waals surface area (Å²) in [5.74, 6) is 0.703.